The van der Waals surface area contributed by atoms with E-state index in [9.17, 15) is 4.79 Å². The summed E-state index contributed by atoms with van der Waals surface area (Å²) in [4.78, 5) is 14.5. The number of carbonyl (C=O) groups is 1. The van der Waals surface area contributed by atoms with Crippen molar-refractivity contribution in [3.05, 3.63) is 12.1 Å². The maximum Gasteiger partial charge on any atom is 0.223 e. The fourth-order valence-corrected chi connectivity index (χ4v) is 3.24. The van der Waals surface area contributed by atoms with Gasteiger partial charge in [0.15, 0.2) is 11.5 Å². The van der Waals surface area contributed by atoms with Crippen LogP contribution in [-0.4, -0.2) is 50.3 Å². The second-order valence-corrected chi connectivity index (χ2v) is 6.61. The van der Waals surface area contributed by atoms with Crippen LogP contribution in [0.1, 0.15) is 32.6 Å². The minimum atomic E-state index is 0.115. The van der Waals surface area contributed by atoms with Crippen LogP contribution in [0.25, 0.3) is 5.65 Å². The largest absolute Gasteiger partial charge is 0.355 e. The van der Waals surface area contributed by atoms with Crippen LogP contribution in [0.3, 0.4) is 0 Å². The van der Waals surface area contributed by atoms with Gasteiger partial charge in [-0.2, -0.15) is 0 Å². The van der Waals surface area contributed by atoms with Crippen molar-refractivity contribution < 1.29 is 4.79 Å². The molecule has 4 rings (SSSR count). The molecule has 8 nitrogen and oxygen atoms in total. The van der Waals surface area contributed by atoms with Gasteiger partial charge in [-0.3, -0.25) is 4.79 Å². The number of nitrogens with one attached hydrogen (secondary N) is 1. The van der Waals surface area contributed by atoms with E-state index < -0.39 is 0 Å². The number of carbonyl (C=O) groups excluding carboxylic acids is 1. The Morgan fingerprint density at radius 2 is 2.04 bits per heavy atom. The third kappa shape index (κ3) is 2.97. The first-order chi connectivity index (χ1) is 11.2. The molecule has 2 aromatic rings. The van der Waals surface area contributed by atoms with E-state index in [0.29, 0.717) is 17.6 Å². The van der Waals surface area contributed by atoms with Crippen molar-refractivity contribution in [2.45, 2.75) is 38.6 Å². The molecule has 1 amide bonds. The average molecular weight is 315 g/mol. The van der Waals surface area contributed by atoms with Gasteiger partial charge in [0.05, 0.1) is 0 Å². The Kier molecular flexibility index (Phi) is 3.59. The number of amides is 1. The van der Waals surface area contributed by atoms with Crippen molar-refractivity contribution in [1.82, 2.24) is 30.6 Å². The van der Waals surface area contributed by atoms with Gasteiger partial charge in [-0.1, -0.05) is 0 Å². The van der Waals surface area contributed by atoms with Gasteiger partial charge in [0.1, 0.15) is 0 Å². The Morgan fingerprint density at radius 1 is 1.26 bits per heavy atom. The number of rotatable bonds is 4. The first-order valence-electron chi connectivity index (χ1n) is 8.31. The summed E-state index contributed by atoms with van der Waals surface area (Å²) in [7, 11) is 0. The van der Waals surface area contributed by atoms with E-state index in [-0.39, 0.29) is 11.8 Å². The summed E-state index contributed by atoms with van der Waals surface area (Å²) in [6, 6.07) is 4.11. The molecule has 3 heterocycles. The number of aromatic nitrogens is 5. The standard InChI is InChI=1S/C15H21N7O/c1-10(11-2-3-11)16-15(23)12-6-8-21(9-7-12)14-5-4-13-17-19-20-22(13)18-14/h4-5,10-12H,2-3,6-9H2,1H3,(H,16,23). The van der Waals surface area contributed by atoms with E-state index in [1.807, 2.05) is 12.1 Å². The van der Waals surface area contributed by atoms with Gasteiger partial charge in [0.25, 0.3) is 0 Å². The highest BCUT2D eigenvalue weighted by atomic mass is 16.2. The van der Waals surface area contributed by atoms with Crippen LogP contribution in [0, 0.1) is 11.8 Å². The van der Waals surface area contributed by atoms with Crippen molar-refractivity contribution in [3.8, 4) is 0 Å². The van der Waals surface area contributed by atoms with E-state index in [2.05, 4.69) is 37.8 Å². The molecule has 1 aliphatic heterocycles. The second-order valence-electron chi connectivity index (χ2n) is 6.61. The molecule has 8 heteroatoms. The van der Waals surface area contributed by atoms with Gasteiger partial charge in [-0.15, -0.1) is 14.8 Å². The predicted octanol–water partition coefficient (Wildman–Crippen LogP) is 0.650. The highest BCUT2D eigenvalue weighted by Crippen LogP contribution is 2.32. The molecule has 1 unspecified atom stereocenters. The minimum Gasteiger partial charge on any atom is -0.355 e. The molecule has 1 aliphatic carbocycles. The third-order valence-corrected chi connectivity index (χ3v) is 4.94. The van der Waals surface area contributed by atoms with Crippen LogP contribution in [0.15, 0.2) is 12.1 Å². The van der Waals surface area contributed by atoms with Crippen molar-refractivity contribution in [1.29, 1.82) is 0 Å². The van der Waals surface area contributed by atoms with Crippen molar-refractivity contribution in [2.24, 2.45) is 11.8 Å². The van der Waals surface area contributed by atoms with Crippen molar-refractivity contribution in [3.63, 3.8) is 0 Å². The Labute approximate surface area is 134 Å². The third-order valence-electron chi connectivity index (χ3n) is 4.94. The van der Waals surface area contributed by atoms with Gasteiger partial charge in [-0.25, -0.2) is 0 Å². The summed E-state index contributed by atoms with van der Waals surface area (Å²) < 4.78 is 1.44. The van der Waals surface area contributed by atoms with Crippen LogP contribution >= 0.6 is 0 Å². The summed E-state index contributed by atoms with van der Waals surface area (Å²) in [6.07, 6.45) is 4.23. The normalized spacial score (nSPS) is 20.7. The van der Waals surface area contributed by atoms with Gasteiger partial charge in [0.2, 0.25) is 5.91 Å². The fourth-order valence-electron chi connectivity index (χ4n) is 3.24. The minimum absolute atomic E-state index is 0.115. The summed E-state index contributed by atoms with van der Waals surface area (Å²) in [6.45, 7) is 3.78. The first kappa shape index (κ1) is 14.3. The van der Waals surface area contributed by atoms with Gasteiger partial charge in [-0.05, 0) is 61.1 Å². The molecular weight excluding hydrogens is 294 g/mol. The quantitative estimate of drug-likeness (QED) is 0.891. The number of hydrogen-bond acceptors (Lipinski definition) is 6. The first-order valence-corrected chi connectivity index (χ1v) is 8.31. The van der Waals surface area contributed by atoms with Gasteiger partial charge < -0.3 is 10.2 Å². The lowest BCUT2D eigenvalue weighted by molar-refractivity contribution is -0.126. The van der Waals surface area contributed by atoms with Crippen molar-refractivity contribution in [2.75, 3.05) is 18.0 Å². The summed E-state index contributed by atoms with van der Waals surface area (Å²) >= 11 is 0. The van der Waals surface area contributed by atoms with E-state index in [0.717, 1.165) is 31.7 Å². The molecule has 1 saturated heterocycles. The number of piperidine rings is 1. The van der Waals surface area contributed by atoms with Crippen LogP contribution in [0.2, 0.25) is 0 Å². The van der Waals surface area contributed by atoms with Crippen LogP contribution < -0.4 is 10.2 Å². The molecule has 0 radical (unpaired) electrons. The summed E-state index contributed by atoms with van der Waals surface area (Å²) in [5.41, 5.74) is 0.636. The maximum atomic E-state index is 12.3. The van der Waals surface area contributed by atoms with Gasteiger partial charge in [0, 0.05) is 25.0 Å². The number of hydrogen-bond donors (Lipinski definition) is 1. The summed E-state index contributed by atoms with van der Waals surface area (Å²) in [5.74, 6) is 1.89. The van der Waals surface area contributed by atoms with E-state index in [4.69, 9.17) is 0 Å². The number of tetrazole rings is 1. The maximum absolute atomic E-state index is 12.3. The molecule has 1 N–H and O–H groups in total. The lowest BCUT2D eigenvalue weighted by Gasteiger charge is -2.32. The number of anilines is 1. The topological polar surface area (TPSA) is 88.3 Å². The molecule has 122 valence electrons. The molecular formula is C15H21N7O. The Bertz CT molecular complexity index is 703. The molecule has 2 fully saturated rings. The molecule has 23 heavy (non-hydrogen) atoms. The Hall–Kier alpha value is -2.25. The zero-order chi connectivity index (χ0) is 15.8. The fraction of sp³-hybridized carbons (Fsp3) is 0.667. The predicted molar refractivity (Wildman–Crippen MR) is 83.8 cm³/mol. The van der Waals surface area contributed by atoms with E-state index >= 15 is 0 Å². The zero-order valence-electron chi connectivity index (χ0n) is 13.2. The molecule has 0 aromatic carbocycles. The van der Waals surface area contributed by atoms with Crippen molar-refractivity contribution >= 4 is 17.4 Å². The Balaban J connectivity index is 1.35. The SMILES string of the molecule is CC(NC(=O)C1CCN(c2ccc3nnnn3n2)CC1)C1CC1. The molecule has 1 atom stereocenters. The zero-order valence-corrected chi connectivity index (χ0v) is 13.2. The highest BCUT2D eigenvalue weighted by Gasteiger charge is 2.32. The molecule has 1 saturated carbocycles. The van der Waals surface area contributed by atoms with Crippen LogP contribution in [-0.2, 0) is 4.79 Å². The lowest BCUT2D eigenvalue weighted by Crippen LogP contribution is -2.44. The highest BCUT2D eigenvalue weighted by molar-refractivity contribution is 5.79. The van der Waals surface area contributed by atoms with E-state index in [1.165, 1.54) is 17.5 Å². The van der Waals surface area contributed by atoms with E-state index in [1.54, 1.807) is 0 Å². The lowest BCUT2D eigenvalue weighted by atomic mass is 9.95. The monoisotopic (exact) mass is 315 g/mol. The molecule has 2 aliphatic rings. The van der Waals surface area contributed by atoms with Crippen LogP contribution in [0.5, 0.6) is 0 Å². The smallest absolute Gasteiger partial charge is 0.223 e. The average Bonchev–Trinajstić information content (AvgIpc) is 3.32. The number of nitrogens with zero attached hydrogens (tertiary/aromatic N) is 6. The molecule has 0 spiro atoms. The van der Waals surface area contributed by atoms with Gasteiger partial charge >= 0.3 is 0 Å². The second kappa shape index (κ2) is 5.75. The Morgan fingerprint density at radius 3 is 2.78 bits per heavy atom. The number of fused-ring (bicyclic) bond motifs is 1. The molecule has 2 aromatic heterocycles. The molecule has 0 bridgehead atoms. The summed E-state index contributed by atoms with van der Waals surface area (Å²) in [5, 5.41) is 18.9. The van der Waals surface area contributed by atoms with Crippen LogP contribution in [0.4, 0.5) is 5.82 Å².